The van der Waals surface area contributed by atoms with E-state index in [1.54, 1.807) is 12.1 Å². The topological polar surface area (TPSA) is 25.0 Å². The maximum Gasteiger partial charge on any atom is 0.165 e. The summed E-state index contributed by atoms with van der Waals surface area (Å²) in [5.41, 5.74) is 4.65. The number of ether oxygens (including phenoxy) is 1. The second-order valence-electron chi connectivity index (χ2n) is 7.20. The first-order chi connectivity index (χ1) is 11.9. The van der Waals surface area contributed by atoms with Crippen LogP contribution in [-0.4, -0.2) is 12.1 Å². The van der Waals surface area contributed by atoms with Gasteiger partial charge in [-0.25, -0.2) is 4.39 Å². The average Bonchev–Trinajstić information content (AvgIpc) is 3.03. The maximum absolute atomic E-state index is 14.0. The van der Waals surface area contributed by atoms with Crippen LogP contribution in [0.3, 0.4) is 0 Å². The van der Waals surface area contributed by atoms with E-state index in [2.05, 4.69) is 56.9 Å². The predicted molar refractivity (Wildman–Crippen MR) is 102 cm³/mol. The van der Waals surface area contributed by atoms with Gasteiger partial charge in [0.1, 0.15) is 0 Å². The van der Waals surface area contributed by atoms with Crippen molar-refractivity contribution < 1.29 is 9.13 Å². The summed E-state index contributed by atoms with van der Waals surface area (Å²) in [6, 6.07) is 14.0. The Balaban J connectivity index is 1.90. The maximum atomic E-state index is 14.0. The lowest BCUT2D eigenvalue weighted by atomic mass is 9.86. The molecule has 0 radical (unpaired) electrons. The van der Waals surface area contributed by atoms with Crippen molar-refractivity contribution in [2.45, 2.75) is 45.4 Å². The van der Waals surface area contributed by atoms with Gasteiger partial charge in [0.2, 0.25) is 0 Å². The number of benzene rings is 2. The fourth-order valence-corrected chi connectivity index (χ4v) is 3.30. The number of methoxy groups -OCH3 is 1. The molecule has 0 aliphatic rings. The molecule has 0 aliphatic heterocycles. The molecule has 132 valence electrons. The van der Waals surface area contributed by atoms with E-state index >= 15 is 0 Å². The fraction of sp³-hybridized carbons (Fsp3) is 0.364. The average molecular weight is 339 g/mol. The van der Waals surface area contributed by atoms with Crippen LogP contribution in [0.2, 0.25) is 0 Å². The zero-order valence-electron chi connectivity index (χ0n) is 15.6. The lowest BCUT2D eigenvalue weighted by molar-refractivity contribution is 0.385. The van der Waals surface area contributed by atoms with E-state index in [1.165, 1.54) is 23.8 Å². The highest BCUT2D eigenvalue weighted by Crippen LogP contribution is 2.35. The van der Waals surface area contributed by atoms with Crippen LogP contribution in [0.15, 0.2) is 42.5 Å². The second kappa shape index (κ2) is 6.91. The summed E-state index contributed by atoms with van der Waals surface area (Å²) in [6.07, 6.45) is 0. The van der Waals surface area contributed by atoms with Gasteiger partial charge in [-0.3, -0.25) is 0 Å². The number of aromatic amines is 1. The van der Waals surface area contributed by atoms with E-state index < -0.39 is 0 Å². The van der Waals surface area contributed by atoms with Gasteiger partial charge >= 0.3 is 0 Å². The van der Waals surface area contributed by atoms with Gasteiger partial charge in [-0.1, -0.05) is 39.8 Å². The lowest BCUT2D eigenvalue weighted by Gasteiger charge is -2.20. The molecule has 0 amide bonds. The van der Waals surface area contributed by atoms with Crippen LogP contribution in [-0.2, 0) is 0 Å². The molecule has 2 nitrogen and oxygen atoms in total. The van der Waals surface area contributed by atoms with Crippen molar-refractivity contribution in [3.05, 3.63) is 65.1 Å². The Labute approximate surface area is 149 Å². The van der Waals surface area contributed by atoms with Gasteiger partial charge in [0, 0.05) is 17.1 Å². The third-order valence-corrected chi connectivity index (χ3v) is 5.27. The van der Waals surface area contributed by atoms with E-state index in [0.29, 0.717) is 5.92 Å². The molecule has 2 atom stereocenters. The van der Waals surface area contributed by atoms with Gasteiger partial charge < -0.3 is 9.72 Å². The predicted octanol–water partition coefficient (Wildman–Crippen LogP) is 6.35. The van der Waals surface area contributed by atoms with E-state index in [4.69, 9.17) is 4.74 Å². The normalized spacial score (nSPS) is 14.0. The molecule has 0 bridgehead atoms. The Morgan fingerprint density at radius 1 is 0.880 bits per heavy atom. The number of fused-ring (bicyclic) bond motifs is 1. The summed E-state index contributed by atoms with van der Waals surface area (Å²) in [4.78, 5) is 3.53. The summed E-state index contributed by atoms with van der Waals surface area (Å²) in [6.45, 7) is 8.73. The van der Waals surface area contributed by atoms with Gasteiger partial charge in [-0.05, 0) is 58.7 Å². The molecule has 1 N–H and O–H groups in total. The Hall–Kier alpha value is -2.29. The van der Waals surface area contributed by atoms with E-state index in [-0.39, 0.29) is 23.4 Å². The quantitative estimate of drug-likeness (QED) is 0.576. The van der Waals surface area contributed by atoms with Gasteiger partial charge in [0.25, 0.3) is 0 Å². The molecular weight excluding hydrogens is 313 g/mol. The monoisotopic (exact) mass is 339 g/mol. The Kier molecular flexibility index (Phi) is 4.85. The molecule has 3 rings (SSSR count). The zero-order valence-corrected chi connectivity index (χ0v) is 15.6. The number of hydrogen-bond donors (Lipinski definition) is 1. The molecule has 25 heavy (non-hydrogen) atoms. The first kappa shape index (κ1) is 17.5. The molecule has 3 aromatic rings. The van der Waals surface area contributed by atoms with Crippen LogP contribution >= 0.6 is 0 Å². The largest absolute Gasteiger partial charge is 0.494 e. The minimum absolute atomic E-state index is 0.193. The minimum Gasteiger partial charge on any atom is -0.494 e. The standard InChI is InChI=1S/C22H26FNO/c1-13(2)16-6-8-20-18(10-16)12-21(24-20)15(4)14(3)17-7-9-22(25-5)19(23)11-17/h6-15,24H,1-5H3. The van der Waals surface area contributed by atoms with Crippen LogP contribution in [0.5, 0.6) is 5.75 Å². The number of aromatic nitrogens is 1. The molecule has 0 spiro atoms. The molecule has 2 unspecified atom stereocenters. The van der Waals surface area contributed by atoms with Crippen LogP contribution in [0.25, 0.3) is 10.9 Å². The fourth-order valence-electron chi connectivity index (χ4n) is 3.30. The Bertz CT molecular complexity index is 881. The Morgan fingerprint density at radius 3 is 2.24 bits per heavy atom. The SMILES string of the molecule is COc1ccc(C(C)C(C)c2cc3cc(C(C)C)ccc3[nH]2)cc1F. The van der Waals surface area contributed by atoms with E-state index in [1.807, 2.05) is 6.07 Å². The number of H-pyrrole nitrogens is 1. The van der Waals surface area contributed by atoms with Crippen molar-refractivity contribution in [3.63, 3.8) is 0 Å². The molecule has 3 heteroatoms. The highest BCUT2D eigenvalue weighted by Gasteiger charge is 2.19. The van der Waals surface area contributed by atoms with E-state index in [0.717, 1.165) is 11.1 Å². The molecule has 1 heterocycles. The number of halogens is 1. The molecule has 1 aromatic heterocycles. The third-order valence-electron chi connectivity index (χ3n) is 5.27. The minimum atomic E-state index is -0.308. The Morgan fingerprint density at radius 2 is 1.60 bits per heavy atom. The highest BCUT2D eigenvalue weighted by atomic mass is 19.1. The lowest BCUT2D eigenvalue weighted by Crippen LogP contribution is -2.06. The molecular formula is C22H26FNO. The van der Waals surface area contributed by atoms with Crippen molar-refractivity contribution in [2.24, 2.45) is 0 Å². The van der Waals surface area contributed by atoms with Crippen molar-refractivity contribution >= 4 is 10.9 Å². The summed E-state index contributed by atoms with van der Waals surface area (Å²) in [7, 11) is 1.49. The summed E-state index contributed by atoms with van der Waals surface area (Å²) >= 11 is 0. The summed E-state index contributed by atoms with van der Waals surface area (Å²) in [5.74, 6) is 0.940. The van der Waals surface area contributed by atoms with Gasteiger partial charge in [-0.2, -0.15) is 0 Å². The number of rotatable bonds is 5. The first-order valence-corrected chi connectivity index (χ1v) is 8.86. The second-order valence-corrected chi connectivity index (χ2v) is 7.20. The van der Waals surface area contributed by atoms with Crippen molar-refractivity contribution in [3.8, 4) is 5.75 Å². The van der Waals surface area contributed by atoms with Gasteiger partial charge in [-0.15, -0.1) is 0 Å². The van der Waals surface area contributed by atoms with Crippen LogP contribution in [0, 0.1) is 5.82 Å². The summed E-state index contributed by atoms with van der Waals surface area (Å²) < 4.78 is 19.0. The molecule has 0 saturated heterocycles. The van der Waals surface area contributed by atoms with Gasteiger partial charge in [0.15, 0.2) is 11.6 Å². The highest BCUT2D eigenvalue weighted by molar-refractivity contribution is 5.81. The third kappa shape index (κ3) is 3.41. The van der Waals surface area contributed by atoms with Crippen LogP contribution in [0.4, 0.5) is 4.39 Å². The summed E-state index contributed by atoms with van der Waals surface area (Å²) in [5, 5.41) is 1.24. The molecule has 2 aromatic carbocycles. The van der Waals surface area contributed by atoms with Crippen molar-refractivity contribution in [2.75, 3.05) is 7.11 Å². The smallest absolute Gasteiger partial charge is 0.165 e. The van der Waals surface area contributed by atoms with Crippen molar-refractivity contribution in [1.29, 1.82) is 0 Å². The molecule has 0 aliphatic carbocycles. The zero-order chi connectivity index (χ0) is 18.1. The first-order valence-electron chi connectivity index (χ1n) is 8.86. The molecule has 0 saturated carbocycles. The number of nitrogens with one attached hydrogen (secondary N) is 1. The van der Waals surface area contributed by atoms with Crippen molar-refractivity contribution in [1.82, 2.24) is 4.98 Å². The van der Waals surface area contributed by atoms with Gasteiger partial charge in [0.05, 0.1) is 7.11 Å². The molecule has 0 fully saturated rings. The number of hydrogen-bond acceptors (Lipinski definition) is 1. The van der Waals surface area contributed by atoms with Crippen LogP contribution in [0.1, 0.15) is 62.3 Å². The van der Waals surface area contributed by atoms with Crippen LogP contribution < -0.4 is 4.74 Å². The van der Waals surface area contributed by atoms with E-state index in [9.17, 15) is 4.39 Å².